The first-order valence-corrected chi connectivity index (χ1v) is 13.2. The molecular formula is C17H14Cl2I2N2O2S2. The van der Waals surface area contributed by atoms with Crippen molar-refractivity contribution in [2.24, 2.45) is 5.92 Å². The first kappa shape index (κ1) is 20.6. The molecule has 27 heavy (non-hydrogen) atoms. The molecule has 0 aromatic carbocycles. The highest BCUT2D eigenvalue weighted by Gasteiger charge is 2.37. The van der Waals surface area contributed by atoms with Crippen molar-refractivity contribution in [3.63, 3.8) is 0 Å². The molecule has 3 unspecified atom stereocenters. The second-order valence-corrected chi connectivity index (χ2v) is 12.9. The number of anilines is 2. The summed E-state index contributed by atoms with van der Waals surface area (Å²) in [5.41, 5.74) is 1.71. The zero-order valence-electron chi connectivity index (χ0n) is 13.8. The van der Waals surface area contributed by atoms with E-state index in [4.69, 9.17) is 23.2 Å². The molecule has 4 nitrogen and oxygen atoms in total. The minimum absolute atomic E-state index is 0.00116. The van der Waals surface area contributed by atoms with Crippen molar-refractivity contribution in [1.29, 1.82) is 0 Å². The fourth-order valence-corrected chi connectivity index (χ4v) is 7.34. The molecule has 2 amide bonds. The van der Waals surface area contributed by atoms with Gasteiger partial charge in [0.1, 0.15) is 0 Å². The van der Waals surface area contributed by atoms with Crippen LogP contribution in [0, 0.1) is 5.92 Å². The fourth-order valence-electron chi connectivity index (χ4n) is 3.45. The molecule has 0 saturated heterocycles. The summed E-state index contributed by atoms with van der Waals surface area (Å²) in [6.07, 6.45) is 2.37. The quantitative estimate of drug-likeness (QED) is 0.325. The summed E-state index contributed by atoms with van der Waals surface area (Å²) in [4.78, 5) is 29.8. The van der Waals surface area contributed by atoms with Gasteiger partial charge < -0.3 is 10.2 Å². The number of rotatable bonds is 2. The van der Waals surface area contributed by atoms with E-state index in [1.807, 2.05) is 11.0 Å². The monoisotopic (exact) mass is 666 g/mol. The molecule has 144 valence electrons. The first-order chi connectivity index (χ1) is 12.8. The molecule has 0 radical (unpaired) electrons. The highest BCUT2D eigenvalue weighted by atomic mass is 127. The van der Waals surface area contributed by atoms with E-state index in [1.54, 1.807) is 17.4 Å². The van der Waals surface area contributed by atoms with Gasteiger partial charge in [-0.05, 0) is 31.4 Å². The first-order valence-electron chi connectivity index (χ1n) is 8.30. The number of aryl methyl sites for hydroxylation is 1. The van der Waals surface area contributed by atoms with E-state index in [1.165, 1.54) is 11.3 Å². The molecule has 3 atom stereocenters. The maximum Gasteiger partial charge on any atom is 0.239 e. The van der Waals surface area contributed by atoms with Crippen molar-refractivity contribution < 1.29 is 9.59 Å². The predicted octanol–water partition coefficient (Wildman–Crippen LogP) is 5.81. The van der Waals surface area contributed by atoms with Gasteiger partial charge in [0.15, 0.2) is 0 Å². The Labute approximate surface area is 202 Å². The molecule has 0 spiro atoms. The number of carbonyl (C=O) groups is 2. The number of amides is 2. The summed E-state index contributed by atoms with van der Waals surface area (Å²) in [5.74, 6) is 0.0611. The third-order valence-corrected chi connectivity index (χ3v) is 10.1. The number of nitrogens with one attached hydrogen (secondary N) is 1. The number of halogens is 4. The Morgan fingerprint density at radius 2 is 1.85 bits per heavy atom. The largest absolute Gasteiger partial charge is 0.324 e. The smallest absolute Gasteiger partial charge is 0.239 e. The van der Waals surface area contributed by atoms with E-state index in [9.17, 15) is 9.59 Å². The molecule has 0 fully saturated rings. The molecule has 4 rings (SSSR count). The lowest BCUT2D eigenvalue weighted by atomic mass is 9.99. The second-order valence-electron chi connectivity index (χ2n) is 6.56. The summed E-state index contributed by atoms with van der Waals surface area (Å²) in [6.45, 7) is 0.494. The van der Waals surface area contributed by atoms with Crippen molar-refractivity contribution in [2.75, 3.05) is 16.8 Å². The summed E-state index contributed by atoms with van der Waals surface area (Å²) in [6, 6.07) is 3.69. The highest BCUT2D eigenvalue weighted by Crippen LogP contribution is 2.41. The lowest BCUT2D eigenvalue weighted by Crippen LogP contribution is -2.43. The Kier molecular flexibility index (Phi) is 6.31. The van der Waals surface area contributed by atoms with Gasteiger partial charge in [0, 0.05) is 22.2 Å². The van der Waals surface area contributed by atoms with Crippen LogP contribution in [0.2, 0.25) is 8.67 Å². The van der Waals surface area contributed by atoms with E-state index in [-0.39, 0.29) is 25.6 Å². The third-order valence-electron chi connectivity index (χ3n) is 4.77. The van der Waals surface area contributed by atoms with Crippen LogP contribution in [0.1, 0.15) is 16.2 Å². The lowest BCUT2D eigenvalue weighted by molar-refractivity contribution is -0.119. The maximum atomic E-state index is 13.1. The topological polar surface area (TPSA) is 49.4 Å². The number of hydrogen-bond donors (Lipinski definition) is 1. The van der Waals surface area contributed by atoms with Crippen LogP contribution in [0.25, 0.3) is 0 Å². The minimum Gasteiger partial charge on any atom is -0.324 e. The van der Waals surface area contributed by atoms with Crippen LogP contribution in [0.15, 0.2) is 12.1 Å². The number of nitrogens with zero attached hydrogens (tertiary/aromatic N) is 1. The van der Waals surface area contributed by atoms with Crippen LogP contribution in [0.5, 0.6) is 0 Å². The van der Waals surface area contributed by atoms with Gasteiger partial charge in [-0.25, -0.2) is 0 Å². The van der Waals surface area contributed by atoms with Gasteiger partial charge in [-0.1, -0.05) is 68.4 Å². The molecule has 2 aromatic heterocycles. The van der Waals surface area contributed by atoms with Crippen molar-refractivity contribution >= 4 is 114 Å². The second kappa shape index (κ2) is 8.25. The molecule has 1 N–H and O–H groups in total. The third kappa shape index (κ3) is 4.16. The van der Waals surface area contributed by atoms with Crippen molar-refractivity contribution in [2.45, 2.75) is 27.1 Å². The molecule has 4 heterocycles. The summed E-state index contributed by atoms with van der Waals surface area (Å²) in [5, 5.41) is 2.97. The van der Waals surface area contributed by atoms with E-state index in [0.29, 0.717) is 21.6 Å². The molecule has 2 aliphatic rings. The van der Waals surface area contributed by atoms with Gasteiger partial charge in [0.2, 0.25) is 11.8 Å². The number of hydrogen-bond acceptors (Lipinski definition) is 4. The molecule has 0 bridgehead atoms. The Morgan fingerprint density at radius 1 is 1.15 bits per heavy atom. The van der Waals surface area contributed by atoms with E-state index in [0.717, 1.165) is 34.0 Å². The van der Waals surface area contributed by atoms with Crippen LogP contribution < -0.4 is 10.2 Å². The molecular weight excluding hydrogens is 653 g/mol. The van der Waals surface area contributed by atoms with Crippen LogP contribution in [-0.2, 0) is 22.4 Å². The fraction of sp³-hybridized carbons (Fsp3) is 0.412. The van der Waals surface area contributed by atoms with Gasteiger partial charge in [-0.2, -0.15) is 0 Å². The SMILES string of the molecule is O=C1Nc2cc(Cl)sc2CC(CN2C(=O)C(I)CCc3sc(Cl)cc32)C1I. The Balaban J connectivity index is 1.68. The summed E-state index contributed by atoms with van der Waals surface area (Å²) < 4.78 is 1.06. The van der Waals surface area contributed by atoms with Gasteiger partial charge >= 0.3 is 0 Å². The zero-order chi connectivity index (χ0) is 19.3. The number of thiophene rings is 2. The zero-order valence-corrected chi connectivity index (χ0v) is 21.3. The van der Waals surface area contributed by atoms with Gasteiger partial charge in [0.05, 0.1) is 27.9 Å². The summed E-state index contributed by atoms with van der Waals surface area (Å²) in [7, 11) is 0. The van der Waals surface area contributed by atoms with Crippen LogP contribution >= 0.6 is 91.1 Å². The Hall–Kier alpha value is 0.380. The predicted molar refractivity (Wildman–Crippen MR) is 131 cm³/mol. The van der Waals surface area contributed by atoms with Crippen molar-refractivity contribution in [1.82, 2.24) is 0 Å². The average molecular weight is 667 g/mol. The average Bonchev–Trinajstić information content (AvgIpc) is 3.10. The van der Waals surface area contributed by atoms with Crippen molar-refractivity contribution in [3.05, 3.63) is 30.6 Å². The van der Waals surface area contributed by atoms with Crippen LogP contribution in [0.3, 0.4) is 0 Å². The number of alkyl halides is 2. The van der Waals surface area contributed by atoms with Gasteiger partial charge in [0.25, 0.3) is 0 Å². The standard InChI is InChI=1S/C17H14Cl2I2N2O2S2/c18-13-4-9-12(27-13)3-7(15(21)16(24)22-9)6-23-10-5-14(19)26-11(10)2-1-8(20)17(23)25/h4-5,7-8,15H,1-3,6H2,(H,22,24). The molecule has 2 aromatic rings. The number of carbonyl (C=O) groups excluding carboxylic acids is 2. The normalized spacial score (nSPS) is 25.5. The van der Waals surface area contributed by atoms with Gasteiger partial charge in [-0.3, -0.25) is 9.59 Å². The highest BCUT2D eigenvalue weighted by molar-refractivity contribution is 14.1. The summed E-state index contributed by atoms with van der Waals surface area (Å²) >= 11 is 19.8. The Bertz CT molecular complexity index is 917. The molecule has 0 aliphatic carbocycles. The van der Waals surface area contributed by atoms with Crippen LogP contribution in [-0.4, -0.2) is 26.2 Å². The maximum absolute atomic E-state index is 13.1. The molecule has 10 heteroatoms. The van der Waals surface area contributed by atoms with Crippen molar-refractivity contribution in [3.8, 4) is 0 Å². The lowest BCUT2D eigenvalue weighted by Gasteiger charge is -2.29. The molecule has 2 aliphatic heterocycles. The number of fused-ring (bicyclic) bond motifs is 2. The van der Waals surface area contributed by atoms with Crippen LogP contribution in [0.4, 0.5) is 11.4 Å². The van der Waals surface area contributed by atoms with E-state index in [2.05, 4.69) is 50.5 Å². The van der Waals surface area contributed by atoms with E-state index >= 15 is 0 Å². The van der Waals surface area contributed by atoms with E-state index < -0.39 is 0 Å². The Morgan fingerprint density at radius 3 is 2.63 bits per heavy atom. The van der Waals surface area contributed by atoms with Gasteiger partial charge in [-0.15, -0.1) is 22.7 Å². The molecule has 0 saturated carbocycles. The minimum atomic E-state index is -0.234.